The number of nitro benzene ring substituents is 1. The van der Waals surface area contributed by atoms with Crippen LogP contribution in [0.4, 0.5) is 5.69 Å². The Balaban J connectivity index is 2.14. The van der Waals surface area contributed by atoms with Gasteiger partial charge in [-0.2, -0.15) is 0 Å². The topological polar surface area (TPSA) is 67.0 Å². The Kier molecular flexibility index (Phi) is 8.86. The summed E-state index contributed by atoms with van der Waals surface area (Å²) >= 11 is 0. The van der Waals surface area contributed by atoms with Crippen LogP contribution in [0.5, 0.6) is 0 Å². The molecule has 2 aromatic rings. The largest absolute Gasteiger partial charge is 0.304 e. The predicted octanol–water partition coefficient (Wildman–Crippen LogP) is 7.13. The summed E-state index contributed by atoms with van der Waals surface area (Å²) < 4.78 is 0. The fourth-order valence-electron chi connectivity index (χ4n) is 3.78. The molecule has 0 radical (unpaired) electrons. The molecular formula is C24H32N2O2. The van der Waals surface area contributed by atoms with Crippen LogP contribution < -0.4 is 0 Å². The summed E-state index contributed by atoms with van der Waals surface area (Å²) in [5, 5.41) is 19.7. The average Bonchev–Trinajstić information content (AvgIpc) is 2.73. The highest BCUT2D eigenvalue weighted by molar-refractivity contribution is 6.02. The molecule has 0 aliphatic heterocycles. The minimum absolute atomic E-state index is 0.0353. The fourth-order valence-corrected chi connectivity index (χ4v) is 3.78. The maximum absolute atomic E-state index is 11.0. The predicted molar refractivity (Wildman–Crippen MR) is 116 cm³/mol. The molecule has 2 atom stereocenters. The lowest BCUT2D eigenvalue weighted by Crippen LogP contribution is -2.14. The van der Waals surface area contributed by atoms with Crippen molar-refractivity contribution < 1.29 is 4.92 Å². The zero-order chi connectivity index (χ0) is 20.4. The summed E-state index contributed by atoms with van der Waals surface area (Å²) in [6, 6.07) is 16.5. The second-order valence-corrected chi connectivity index (χ2v) is 7.53. The molecule has 1 N–H and O–H groups in total. The van der Waals surface area contributed by atoms with Gasteiger partial charge in [0.1, 0.15) is 0 Å². The molecule has 2 aromatic carbocycles. The Morgan fingerprint density at radius 1 is 0.964 bits per heavy atom. The van der Waals surface area contributed by atoms with Crippen molar-refractivity contribution in [2.45, 2.75) is 64.7 Å². The van der Waals surface area contributed by atoms with Gasteiger partial charge in [-0.3, -0.25) is 10.1 Å². The van der Waals surface area contributed by atoms with Crippen molar-refractivity contribution >= 4 is 11.4 Å². The molecular weight excluding hydrogens is 348 g/mol. The standard InChI is InChI=1S/C24H32N2O2/c1-3-5-10-19(4-2)11-9-14-23(24(25)21-12-7-6-8-13-21)20-15-17-22(18-16-20)26(27)28/h6-8,12-13,15-19,23,25H,3-5,9-11,14H2,1-2H3. The monoisotopic (exact) mass is 380 g/mol. The molecule has 28 heavy (non-hydrogen) atoms. The molecule has 0 amide bonds. The molecule has 0 heterocycles. The minimum Gasteiger partial charge on any atom is -0.304 e. The van der Waals surface area contributed by atoms with Gasteiger partial charge in [-0.15, -0.1) is 0 Å². The van der Waals surface area contributed by atoms with Crippen molar-refractivity contribution in [3.8, 4) is 0 Å². The molecule has 2 rings (SSSR count). The van der Waals surface area contributed by atoms with E-state index < -0.39 is 0 Å². The van der Waals surface area contributed by atoms with Crippen molar-refractivity contribution in [2.24, 2.45) is 5.92 Å². The summed E-state index contributed by atoms with van der Waals surface area (Å²) in [6.45, 7) is 4.50. The number of nitrogens with one attached hydrogen (secondary N) is 1. The zero-order valence-corrected chi connectivity index (χ0v) is 17.1. The second kappa shape index (κ2) is 11.4. The molecule has 0 spiro atoms. The Labute approximate surface area is 168 Å². The van der Waals surface area contributed by atoms with E-state index in [0.717, 1.165) is 29.9 Å². The average molecular weight is 381 g/mol. The van der Waals surface area contributed by atoms with Gasteiger partial charge in [0, 0.05) is 23.8 Å². The van der Waals surface area contributed by atoms with Crippen LogP contribution in [-0.4, -0.2) is 10.6 Å². The van der Waals surface area contributed by atoms with Crippen LogP contribution in [0.2, 0.25) is 0 Å². The first kappa shape index (κ1) is 21.8. The second-order valence-electron chi connectivity index (χ2n) is 7.53. The van der Waals surface area contributed by atoms with Gasteiger partial charge >= 0.3 is 0 Å². The Morgan fingerprint density at radius 2 is 1.61 bits per heavy atom. The van der Waals surface area contributed by atoms with Crippen LogP contribution in [0.25, 0.3) is 0 Å². The molecule has 150 valence electrons. The SMILES string of the molecule is CCCCC(CC)CCCC(C(=N)c1ccccc1)c1ccc([N+](=O)[O-])cc1. The van der Waals surface area contributed by atoms with Crippen molar-refractivity contribution in [1.82, 2.24) is 0 Å². The summed E-state index contributed by atoms with van der Waals surface area (Å²) in [6.07, 6.45) is 8.16. The number of hydrogen-bond donors (Lipinski definition) is 1. The van der Waals surface area contributed by atoms with E-state index in [1.165, 1.54) is 32.1 Å². The third-order valence-electron chi connectivity index (χ3n) is 5.59. The van der Waals surface area contributed by atoms with E-state index in [4.69, 9.17) is 5.41 Å². The summed E-state index contributed by atoms with van der Waals surface area (Å²) in [7, 11) is 0. The van der Waals surface area contributed by atoms with Crippen molar-refractivity contribution in [3.05, 3.63) is 75.8 Å². The Morgan fingerprint density at radius 3 is 2.18 bits per heavy atom. The number of nitrogens with zero attached hydrogens (tertiary/aromatic N) is 1. The molecule has 0 saturated heterocycles. The van der Waals surface area contributed by atoms with Crippen molar-refractivity contribution in [1.29, 1.82) is 5.41 Å². The lowest BCUT2D eigenvalue weighted by atomic mass is 9.84. The minimum atomic E-state index is -0.374. The number of benzene rings is 2. The number of rotatable bonds is 12. The third kappa shape index (κ3) is 6.29. The van der Waals surface area contributed by atoms with E-state index >= 15 is 0 Å². The van der Waals surface area contributed by atoms with Crippen molar-refractivity contribution in [2.75, 3.05) is 0 Å². The lowest BCUT2D eigenvalue weighted by molar-refractivity contribution is -0.384. The zero-order valence-electron chi connectivity index (χ0n) is 17.1. The molecule has 4 heteroatoms. The molecule has 2 unspecified atom stereocenters. The highest BCUT2D eigenvalue weighted by Gasteiger charge is 2.20. The van der Waals surface area contributed by atoms with E-state index in [0.29, 0.717) is 5.71 Å². The van der Waals surface area contributed by atoms with E-state index in [2.05, 4.69) is 13.8 Å². The van der Waals surface area contributed by atoms with E-state index in [1.807, 2.05) is 42.5 Å². The van der Waals surface area contributed by atoms with Gasteiger partial charge in [-0.25, -0.2) is 0 Å². The van der Waals surface area contributed by atoms with Gasteiger partial charge in [0.15, 0.2) is 0 Å². The number of non-ortho nitro benzene ring substituents is 1. The smallest absolute Gasteiger partial charge is 0.269 e. The van der Waals surface area contributed by atoms with E-state index in [9.17, 15) is 10.1 Å². The Hall–Kier alpha value is -2.49. The van der Waals surface area contributed by atoms with E-state index in [1.54, 1.807) is 12.1 Å². The maximum atomic E-state index is 11.0. The third-order valence-corrected chi connectivity index (χ3v) is 5.59. The van der Waals surface area contributed by atoms with Gasteiger partial charge in [-0.05, 0) is 23.5 Å². The van der Waals surface area contributed by atoms with Crippen LogP contribution in [-0.2, 0) is 0 Å². The van der Waals surface area contributed by atoms with Gasteiger partial charge in [-0.1, -0.05) is 94.8 Å². The van der Waals surface area contributed by atoms with Gasteiger partial charge < -0.3 is 5.41 Å². The number of unbranched alkanes of at least 4 members (excludes halogenated alkanes) is 1. The first-order chi connectivity index (χ1) is 13.6. The number of hydrogen-bond acceptors (Lipinski definition) is 3. The molecule has 0 bridgehead atoms. The Bertz CT molecular complexity index is 741. The first-order valence-corrected chi connectivity index (χ1v) is 10.4. The molecule has 0 fully saturated rings. The molecule has 0 aliphatic carbocycles. The summed E-state index contributed by atoms with van der Waals surface area (Å²) in [5.74, 6) is 0.718. The van der Waals surface area contributed by atoms with E-state index in [-0.39, 0.29) is 16.5 Å². The molecule has 0 aliphatic rings. The first-order valence-electron chi connectivity index (χ1n) is 10.4. The highest BCUT2D eigenvalue weighted by Crippen LogP contribution is 2.30. The fraction of sp³-hybridized carbons (Fsp3) is 0.458. The van der Waals surface area contributed by atoms with Crippen molar-refractivity contribution in [3.63, 3.8) is 0 Å². The van der Waals surface area contributed by atoms with Gasteiger partial charge in [0.25, 0.3) is 5.69 Å². The van der Waals surface area contributed by atoms with Crippen LogP contribution in [0, 0.1) is 21.4 Å². The lowest BCUT2D eigenvalue weighted by Gasteiger charge is -2.21. The van der Waals surface area contributed by atoms with Gasteiger partial charge in [0.05, 0.1) is 4.92 Å². The summed E-state index contributed by atoms with van der Waals surface area (Å²) in [4.78, 5) is 10.6. The highest BCUT2D eigenvalue weighted by atomic mass is 16.6. The van der Waals surface area contributed by atoms with Gasteiger partial charge in [0.2, 0.25) is 0 Å². The van der Waals surface area contributed by atoms with Crippen LogP contribution in [0.3, 0.4) is 0 Å². The number of nitro groups is 1. The summed E-state index contributed by atoms with van der Waals surface area (Å²) in [5.41, 5.74) is 2.60. The quantitative estimate of drug-likeness (QED) is 0.242. The van der Waals surface area contributed by atoms with Crippen LogP contribution in [0.1, 0.15) is 75.8 Å². The molecule has 0 aromatic heterocycles. The molecule has 0 saturated carbocycles. The maximum Gasteiger partial charge on any atom is 0.269 e. The normalized spacial score (nSPS) is 13.1. The molecule has 4 nitrogen and oxygen atoms in total. The van der Waals surface area contributed by atoms with Crippen LogP contribution >= 0.6 is 0 Å². The van der Waals surface area contributed by atoms with Crippen LogP contribution in [0.15, 0.2) is 54.6 Å².